The van der Waals surface area contributed by atoms with Gasteiger partial charge in [0.25, 0.3) is 0 Å². The largest absolute Gasteiger partial charge is 0.465 e. The van der Waals surface area contributed by atoms with Crippen molar-refractivity contribution in [1.82, 2.24) is 25.1 Å². The third kappa shape index (κ3) is 3.73. The first-order valence-corrected chi connectivity index (χ1v) is 6.78. The Kier molecular flexibility index (Phi) is 4.47. The third-order valence-electron chi connectivity index (χ3n) is 3.17. The van der Waals surface area contributed by atoms with Gasteiger partial charge in [-0.25, -0.2) is 4.68 Å². The smallest absolute Gasteiger partial charge is 0.320 e. The number of carbonyl (C=O) groups excluding carboxylic acids is 1. The van der Waals surface area contributed by atoms with Gasteiger partial charge in [0.2, 0.25) is 0 Å². The minimum atomic E-state index is -0.207. The van der Waals surface area contributed by atoms with Crippen molar-refractivity contribution >= 4 is 5.97 Å². The maximum absolute atomic E-state index is 11.6. The van der Waals surface area contributed by atoms with Crippen molar-refractivity contribution in [2.45, 2.75) is 52.2 Å². The Hall–Kier alpha value is -1.50. The molecule has 7 heteroatoms. The average Bonchev–Trinajstić information content (AvgIpc) is 3.09. The maximum Gasteiger partial charge on any atom is 0.320 e. The molecule has 1 aliphatic carbocycles. The summed E-state index contributed by atoms with van der Waals surface area (Å²) in [5.41, 5.74) is 0. The summed E-state index contributed by atoms with van der Waals surface area (Å²) in [5.74, 6) is 0.613. The fourth-order valence-corrected chi connectivity index (χ4v) is 1.89. The van der Waals surface area contributed by atoms with Crippen LogP contribution in [0, 0.1) is 0 Å². The number of hydrogen-bond acceptors (Lipinski definition) is 6. The second kappa shape index (κ2) is 6.10. The van der Waals surface area contributed by atoms with E-state index in [1.54, 1.807) is 0 Å². The molecule has 1 saturated carbocycles. The Morgan fingerprint density at radius 1 is 1.53 bits per heavy atom. The molecule has 1 fully saturated rings. The van der Waals surface area contributed by atoms with Gasteiger partial charge >= 0.3 is 5.97 Å². The van der Waals surface area contributed by atoms with Crippen LogP contribution in [0.2, 0.25) is 0 Å². The second-order valence-electron chi connectivity index (χ2n) is 5.07. The number of tetrazole rings is 1. The molecule has 0 radical (unpaired) electrons. The highest BCUT2D eigenvalue weighted by atomic mass is 16.5. The van der Waals surface area contributed by atoms with Gasteiger partial charge in [-0.05, 0) is 44.0 Å². The Labute approximate surface area is 112 Å². The highest BCUT2D eigenvalue weighted by Crippen LogP contribution is 2.34. The van der Waals surface area contributed by atoms with Crippen LogP contribution >= 0.6 is 0 Å². The fraction of sp³-hybridized carbons (Fsp3) is 0.833. The molecule has 1 aromatic rings. The molecule has 106 valence electrons. The molecular weight excluding hydrogens is 246 g/mol. The van der Waals surface area contributed by atoms with Gasteiger partial charge in [0.1, 0.15) is 0 Å². The van der Waals surface area contributed by atoms with Crippen LogP contribution in [-0.4, -0.2) is 50.3 Å². The van der Waals surface area contributed by atoms with Crippen LogP contribution in [0.5, 0.6) is 0 Å². The summed E-state index contributed by atoms with van der Waals surface area (Å²) in [6.45, 7) is 7.15. The molecule has 2 rings (SSSR count). The molecule has 0 aromatic carbocycles. The molecule has 1 aromatic heterocycles. The predicted molar refractivity (Wildman–Crippen MR) is 68.3 cm³/mol. The first kappa shape index (κ1) is 13.9. The van der Waals surface area contributed by atoms with Crippen LogP contribution in [0.1, 0.15) is 45.5 Å². The predicted octanol–water partition coefficient (Wildman–Crippen LogP) is 0.781. The summed E-state index contributed by atoms with van der Waals surface area (Å²) >= 11 is 0. The molecule has 0 spiro atoms. The van der Waals surface area contributed by atoms with Crippen LogP contribution in [0.15, 0.2) is 0 Å². The van der Waals surface area contributed by atoms with Crippen molar-refractivity contribution in [2.75, 3.05) is 13.2 Å². The number of carbonyl (C=O) groups is 1. The number of rotatable bonds is 7. The zero-order chi connectivity index (χ0) is 13.8. The molecule has 0 aliphatic heterocycles. The summed E-state index contributed by atoms with van der Waals surface area (Å²) in [6, 6.07) is 0.676. The number of ether oxygens (including phenoxy) is 1. The van der Waals surface area contributed by atoms with Crippen molar-refractivity contribution in [3.8, 4) is 0 Å². The Morgan fingerprint density at radius 3 is 2.84 bits per heavy atom. The topological polar surface area (TPSA) is 73.1 Å². The average molecular weight is 267 g/mol. The van der Waals surface area contributed by atoms with E-state index in [1.807, 2.05) is 30.4 Å². The van der Waals surface area contributed by atoms with E-state index in [2.05, 4.69) is 15.5 Å². The SMILES string of the molecule is CCOC(=O)CN(Cc1nnnn1C1CC1)C(C)C. The molecule has 0 atom stereocenters. The van der Waals surface area contributed by atoms with Crippen molar-refractivity contribution in [3.63, 3.8) is 0 Å². The Bertz CT molecular complexity index is 428. The van der Waals surface area contributed by atoms with E-state index in [9.17, 15) is 4.79 Å². The van der Waals surface area contributed by atoms with E-state index >= 15 is 0 Å². The molecular formula is C12H21N5O2. The van der Waals surface area contributed by atoms with E-state index in [0.717, 1.165) is 18.7 Å². The summed E-state index contributed by atoms with van der Waals surface area (Å²) in [4.78, 5) is 13.6. The molecule has 0 saturated heterocycles. The summed E-state index contributed by atoms with van der Waals surface area (Å²) in [7, 11) is 0. The van der Waals surface area contributed by atoms with Crippen LogP contribution in [0.4, 0.5) is 0 Å². The van der Waals surface area contributed by atoms with Crippen molar-refractivity contribution in [3.05, 3.63) is 5.82 Å². The molecule has 0 bridgehead atoms. The van der Waals surface area contributed by atoms with Gasteiger partial charge in [-0.15, -0.1) is 5.10 Å². The molecule has 7 nitrogen and oxygen atoms in total. The van der Waals surface area contributed by atoms with Crippen LogP contribution in [0.3, 0.4) is 0 Å². The summed E-state index contributed by atoms with van der Waals surface area (Å²) < 4.78 is 6.87. The molecule has 0 amide bonds. The third-order valence-corrected chi connectivity index (χ3v) is 3.17. The van der Waals surface area contributed by atoms with Crippen molar-refractivity contribution in [2.24, 2.45) is 0 Å². The normalized spacial score (nSPS) is 15.2. The van der Waals surface area contributed by atoms with Gasteiger partial charge in [-0.1, -0.05) is 0 Å². The first-order chi connectivity index (χ1) is 9.11. The van der Waals surface area contributed by atoms with Gasteiger partial charge in [-0.2, -0.15) is 0 Å². The van der Waals surface area contributed by atoms with Gasteiger partial charge < -0.3 is 4.74 Å². The minimum Gasteiger partial charge on any atom is -0.465 e. The summed E-state index contributed by atoms with van der Waals surface area (Å²) in [6.07, 6.45) is 2.27. The van der Waals surface area contributed by atoms with Crippen LogP contribution < -0.4 is 0 Å². The monoisotopic (exact) mass is 267 g/mol. The van der Waals surface area contributed by atoms with E-state index < -0.39 is 0 Å². The molecule has 1 heterocycles. The lowest BCUT2D eigenvalue weighted by atomic mass is 10.3. The number of hydrogen-bond donors (Lipinski definition) is 0. The number of esters is 1. The number of aromatic nitrogens is 4. The van der Waals surface area contributed by atoms with E-state index in [4.69, 9.17) is 4.74 Å². The van der Waals surface area contributed by atoms with Gasteiger partial charge in [0, 0.05) is 6.04 Å². The van der Waals surface area contributed by atoms with Crippen molar-refractivity contribution < 1.29 is 9.53 Å². The van der Waals surface area contributed by atoms with E-state index in [-0.39, 0.29) is 18.6 Å². The van der Waals surface area contributed by atoms with E-state index in [0.29, 0.717) is 19.2 Å². The zero-order valence-corrected chi connectivity index (χ0v) is 11.7. The van der Waals surface area contributed by atoms with Gasteiger partial charge in [0.05, 0.1) is 25.7 Å². The Balaban J connectivity index is 1.99. The lowest BCUT2D eigenvalue weighted by molar-refractivity contribution is -0.145. The molecule has 1 aliphatic rings. The first-order valence-electron chi connectivity index (χ1n) is 6.78. The highest BCUT2D eigenvalue weighted by Gasteiger charge is 2.29. The van der Waals surface area contributed by atoms with Gasteiger partial charge in [-0.3, -0.25) is 9.69 Å². The van der Waals surface area contributed by atoms with E-state index in [1.165, 1.54) is 0 Å². The van der Waals surface area contributed by atoms with Crippen molar-refractivity contribution in [1.29, 1.82) is 0 Å². The molecule has 0 unspecified atom stereocenters. The standard InChI is InChI=1S/C12H21N5O2/c1-4-19-12(18)8-16(9(2)3)7-11-13-14-15-17(11)10-5-6-10/h9-10H,4-8H2,1-3H3. The highest BCUT2D eigenvalue weighted by molar-refractivity contribution is 5.71. The zero-order valence-electron chi connectivity index (χ0n) is 11.7. The fourth-order valence-electron chi connectivity index (χ4n) is 1.89. The second-order valence-corrected chi connectivity index (χ2v) is 5.07. The van der Waals surface area contributed by atoms with Crippen LogP contribution in [0.25, 0.3) is 0 Å². The number of nitrogens with zero attached hydrogens (tertiary/aromatic N) is 5. The lowest BCUT2D eigenvalue weighted by Gasteiger charge is -2.24. The molecule has 0 N–H and O–H groups in total. The van der Waals surface area contributed by atoms with Crippen LogP contribution in [-0.2, 0) is 16.1 Å². The lowest BCUT2D eigenvalue weighted by Crippen LogP contribution is -2.36. The Morgan fingerprint density at radius 2 is 2.26 bits per heavy atom. The minimum absolute atomic E-state index is 0.207. The van der Waals surface area contributed by atoms with Gasteiger partial charge in [0.15, 0.2) is 5.82 Å². The quantitative estimate of drug-likeness (QED) is 0.680. The molecule has 19 heavy (non-hydrogen) atoms. The summed E-state index contributed by atoms with van der Waals surface area (Å²) in [5, 5.41) is 11.8. The maximum atomic E-state index is 11.6.